The standard InChI is InChI=1S/C12H15N5O/c1-7(2)10-5-11(17-16-10)15-12(18)9-4-3-8(13)6-14-9/h3-7H,13H2,1-2H3,(H2,15,16,17,18). The first-order valence-corrected chi connectivity index (χ1v) is 5.64. The number of hydrogen-bond acceptors (Lipinski definition) is 4. The number of carbonyl (C=O) groups excluding carboxylic acids is 1. The van der Waals surface area contributed by atoms with Crippen LogP contribution >= 0.6 is 0 Å². The molecule has 0 saturated carbocycles. The van der Waals surface area contributed by atoms with E-state index in [4.69, 9.17) is 5.73 Å². The number of anilines is 2. The first kappa shape index (κ1) is 12.1. The van der Waals surface area contributed by atoms with Gasteiger partial charge in [0, 0.05) is 11.8 Å². The van der Waals surface area contributed by atoms with Crippen LogP contribution in [0.5, 0.6) is 0 Å². The lowest BCUT2D eigenvalue weighted by atomic mass is 10.1. The number of carbonyl (C=O) groups is 1. The SMILES string of the molecule is CC(C)c1cc(NC(=O)c2ccc(N)cn2)n[nH]1. The Bertz CT molecular complexity index is 544. The summed E-state index contributed by atoms with van der Waals surface area (Å²) in [5.74, 6) is 0.511. The van der Waals surface area contributed by atoms with Crippen LogP contribution in [-0.2, 0) is 0 Å². The average molecular weight is 245 g/mol. The molecule has 2 heterocycles. The van der Waals surface area contributed by atoms with Crippen molar-refractivity contribution in [1.29, 1.82) is 0 Å². The highest BCUT2D eigenvalue weighted by atomic mass is 16.1. The number of nitrogen functional groups attached to an aromatic ring is 1. The normalized spacial score (nSPS) is 10.6. The molecule has 2 aromatic rings. The summed E-state index contributed by atoms with van der Waals surface area (Å²) < 4.78 is 0. The molecule has 0 bridgehead atoms. The Labute approximate surface area is 105 Å². The Morgan fingerprint density at radius 3 is 2.78 bits per heavy atom. The first-order valence-electron chi connectivity index (χ1n) is 5.64. The van der Waals surface area contributed by atoms with Crippen molar-refractivity contribution in [1.82, 2.24) is 15.2 Å². The first-order chi connectivity index (χ1) is 8.56. The molecule has 1 amide bonds. The molecule has 0 aliphatic heterocycles. The van der Waals surface area contributed by atoms with Crippen LogP contribution in [0.3, 0.4) is 0 Å². The number of amides is 1. The second-order valence-electron chi connectivity index (χ2n) is 4.29. The van der Waals surface area contributed by atoms with Crippen LogP contribution in [0.1, 0.15) is 35.9 Å². The smallest absolute Gasteiger partial charge is 0.275 e. The Balaban J connectivity index is 2.08. The number of aromatic amines is 1. The molecule has 0 radical (unpaired) electrons. The summed E-state index contributed by atoms with van der Waals surface area (Å²) in [5, 5.41) is 9.55. The number of nitrogens with two attached hydrogens (primary N) is 1. The Hall–Kier alpha value is -2.37. The number of pyridine rings is 1. The molecule has 0 aliphatic carbocycles. The van der Waals surface area contributed by atoms with Gasteiger partial charge in [-0.2, -0.15) is 5.10 Å². The fraction of sp³-hybridized carbons (Fsp3) is 0.250. The quantitative estimate of drug-likeness (QED) is 0.767. The molecule has 2 rings (SSSR count). The predicted molar refractivity (Wildman–Crippen MR) is 69.3 cm³/mol. The van der Waals surface area contributed by atoms with E-state index in [1.165, 1.54) is 6.20 Å². The lowest BCUT2D eigenvalue weighted by Crippen LogP contribution is -2.13. The van der Waals surface area contributed by atoms with Crippen LogP contribution in [0.25, 0.3) is 0 Å². The van der Waals surface area contributed by atoms with Gasteiger partial charge in [0.05, 0.1) is 11.9 Å². The monoisotopic (exact) mass is 245 g/mol. The lowest BCUT2D eigenvalue weighted by Gasteiger charge is -2.01. The summed E-state index contributed by atoms with van der Waals surface area (Å²) in [4.78, 5) is 15.8. The van der Waals surface area contributed by atoms with Gasteiger partial charge in [-0.15, -0.1) is 0 Å². The van der Waals surface area contributed by atoms with E-state index in [0.29, 0.717) is 23.1 Å². The van der Waals surface area contributed by atoms with Crippen molar-refractivity contribution in [3.63, 3.8) is 0 Å². The second kappa shape index (κ2) is 4.87. The van der Waals surface area contributed by atoms with Crippen LogP contribution in [0.15, 0.2) is 24.4 Å². The van der Waals surface area contributed by atoms with E-state index in [1.807, 2.05) is 13.8 Å². The number of rotatable bonds is 3. The van der Waals surface area contributed by atoms with E-state index in [0.717, 1.165) is 5.69 Å². The van der Waals surface area contributed by atoms with Gasteiger partial charge in [0.2, 0.25) is 0 Å². The molecule has 0 fully saturated rings. The Kier molecular flexibility index (Phi) is 3.27. The van der Waals surface area contributed by atoms with Crippen molar-refractivity contribution in [3.05, 3.63) is 35.8 Å². The van der Waals surface area contributed by atoms with E-state index >= 15 is 0 Å². The average Bonchev–Trinajstić information content (AvgIpc) is 2.78. The summed E-state index contributed by atoms with van der Waals surface area (Å²) in [5.41, 5.74) is 7.30. The maximum atomic E-state index is 11.8. The summed E-state index contributed by atoms with van der Waals surface area (Å²) in [6.07, 6.45) is 1.44. The van der Waals surface area contributed by atoms with Gasteiger partial charge >= 0.3 is 0 Å². The van der Waals surface area contributed by atoms with Crippen molar-refractivity contribution in [2.75, 3.05) is 11.1 Å². The zero-order chi connectivity index (χ0) is 13.1. The zero-order valence-electron chi connectivity index (χ0n) is 10.3. The fourth-order valence-corrected chi connectivity index (χ4v) is 1.42. The van der Waals surface area contributed by atoms with Crippen LogP contribution in [0.2, 0.25) is 0 Å². The molecular weight excluding hydrogens is 230 g/mol. The van der Waals surface area contributed by atoms with Gasteiger partial charge in [0.15, 0.2) is 5.82 Å². The topological polar surface area (TPSA) is 96.7 Å². The number of H-pyrrole nitrogens is 1. The van der Waals surface area contributed by atoms with E-state index in [2.05, 4.69) is 20.5 Å². The van der Waals surface area contributed by atoms with Gasteiger partial charge in [-0.05, 0) is 18.1 Å². The van der Waals surface area contributed by atoms with Gasteiger partial charge in [-0.1, -0.05) is 13.8 Å². The summed E-state index contributed by atoms with van der Waals surface area (Å²) in [6, 6.07) is 5.01. The van der Waals surface area contributed by atoms with E-state index < -0.39 is 0 Å². The highest BCUT2D eigenvalue weighted by molar-refractivity contribution is 6.02. The van der Waals surface area contributed by atoms with E-state index in [9.17, 15) is 4.79 Å². The van der Waals surface area contributed by atoms with E-state index in [1.54, 1.807) is 18.2 Å². The van der Waals surface area contributed by atoms with Crippen molar-refractivity contribution >= 4 is 17.4 Å². The van der Waals surface area contributed by atoms with Crippen LogP contribution < -0.4 is 11.1 Å². The van der Waals surface area contributed by atoms with Gasteiger partial charge in [0.1, 0.15) is 5.69 Å². The lowest BCUT2D eigenvalue weighted by molar-refractivity contribution is 0.102. The predicted octanol–water partition coefficient (Wildman–Crippen LogP) is 1.76. The molecule has 0 saturated heterocycles. The number of nitrogens with zero attached hydrogens (tertiary/aromatic N) is 2. The van der Waals surface area contributed by atoms with E-state index in [-0.39, 0.29) is 5.91 Å². The van der Waals surface area contributed by atoms with Crippen LogP contribution in [0.4, 0.5) is 11.5 Å². The van der Waals surface area contributed by atoms with Crippen molar-refractivity contribution in [2.24, 2.45) is 0 Å². The third-order valence-electron chi connectivity index (χ3n) is 2.48. The zero-order valence-corrected chi connectivity index (χ0v) is 10.3. The molecule has 0 unspecified atom stereocenters. The Morgan fingerprint density at radius 1 is 1.44 bits per heavy atom. The molecule has 6 heteroatoms. The maximum absolute atomic E-state index is 11.8. The number of hydrogen-bond donors (Lipinski definition) is 3. The third-order valence-corrected chi connectivity index (χ3v) is 2.48. The molecule has 0 aromatic carbocycles. The minimum atomic E-state index is -0.309. The van der Waals surface area contributed by atoms with Crippen molar-refractivity contribution < 1.29 is 4.79 Å². The molecular formula is C12H15N5O. The minimum absolute atomic E-state index is 0.304. The largest absolute Gasteiger partial charge is 0.397 e. The van der Waals surface area contributed by atoms with Gasteiger partial charge in [0.25, 0.3) is 5.91 Å². The minimum Gasteiger partial charge on any atom is -0.397 e. The molecule has 18 heavy (non-hydrogen) atoms. The molecule has 0 aliphatic rings. The number of nitrogens with one attached hydrogen (secondary N) is 2. The highest BCUT2D eigenvalue weighted by Crippen LogP contribution is 2.15. The molecule has 2 aromatic heterocycles. The highest BCUT2D eigenvalue weighted by Gasteiger charge is 2.10. The molecule has 0 atom stereocenters. The summed E-state index contributed by atoms with van der Waals surface area (Å²) >= 11 is 0. The Morgan fingerprint density at radius 2 is 2.22 bits per heavy atom. The van der Waals surface area contributed by atoms with Crippen LogP contribution in [0, 0.1) is 0 Å². The van der Waals surface area contributed by atoms with Gasteiger partial charge in [-0.25, -0.2) is 4.98 Å². The maximum Gasteiger partial charge on any atom is 0.275 e. The number of aromatic nitrogens is 3. The molecule has 94 valence electrons. The van der Waals surface area contributed by atoms with Crippen molar-refractivity contribution in [2.45, 2.75) is 19.8 Å². The molecule has 6 nitrogen and oxygen atoms in total. The van der Waals surface area contributed by atoms with Crippen molar-refractivity contribution in [3.8, 4) is 0 Å². The summed E-state index contributed by atoms with van der Waals surface area (Å²) in [7, 11) is 0. The fourth-order valence-electron chi connectivity index (χ4n) is 1.42. The second-order valence-corrected chi connectivity index (χ2v) is 4.29. The van der Waals surface area contributed by atoms with Crippen LogP contribution in [-0.4, -0.2) is 21.1 Å². The molecule has 0 spiro atoms. The molecule has 4 N–H and O–H groups in total. The van der Waals surface area contributed by atoms with Gasteiger partial charge in [-0.3, -0.25) is 9.89 Å². The van der Waals surface area contributed by atoms with Gasteiger partial charge < -0.3 is 11.1 Å². The third kappa shape index (κ3) is 2.65. The summed E-state index contributed by atoms with van der Waals surface area (Å²) in [6.45, 7) is 4.08.